The van der Waals surface area contributed by atoms with Gasteiger partial charge in [0.25, 0.3) is 0 Å². The average Bonchev–Trinajstić information content (AvgIpc) is 3.15. The third kappa shape index (κ3) is 5.03. The smallest absolute Gasteiger partial charge is 0.407 e. The average molecular weight is 449 g/mol. The number of aromatic hydroxyl groups is 1. The van der Waals surface area contributed by atoms with Gasteiger partial charge in [0.15, 0.2) is 11.5 Å². The molecule has 8 heteroatoms. The number of aromatic nitrogens is 3. The molecule has 2 aromatic heterocycles. The minimum atomic E-state index is -0.544. The van der Waals surface area contributed by atoms with E-state index in [0.29, 0.717) is 23.6 Å². The molecule has 4 rings (SSSR count). The summed E-state index contributed by atoms with van der Waals surface area (Å²) < 4.78 is 7.19. The molecule has 0 saturated heterocycles. The number of phenols is 1. The van der Waals surface area contributed by atoms with Crippen LogP contribution in [0.2, 0.25) is 0 Å². The van der Waals surface area contributed by atoms with Gasteiger partial charge in [-0.25, -0.2) is 4.79 Å². The van der Waals surface area contributed by atoms with Crippen molar-refractivity contribution in [3.63, 3.8) is 0 Å². The quantitative estimate of drug-likeness (QED) is 0.432. The second-order valence-electron chi connectivity index (χ2n) is 8.20. The van der Waals surface area contributed by atoms with E-state index in [4.69, 9.17) is 4.74 Å². The molecule has 0 saturated carbocycles. The van der Waals surface area contributed by atoms with Crippen molar-refractivity contribution in [1.29, 1.82) is 0 Å². The Bertz CT molecular complexity index is 1260. The summed E-state index contributed by atoms with van der Waals surface area (Å²) in [5.74, 6) is 0.721. The molecule has 2 aromatic carbocycles. The van der Waals surface area contributed by atoms with Crippen molar-refractivity contribution in [2.24, 2.45) is 0 Å². The predicted octanol–water partition coefficient (Wildman–Crippen LogP) is 5.28. The van der Waals surface area contributed by atoms with Gasteiger partial charge in [-0.3, -0.25) is 4.40 Å². The monoisotopic (exact) mass is 448 g/mol. The lowest BCUT2D eigenvalue weighted by atomic mass is 10.2. The zero-order valence-electron chi connectivity index (χ0n) is 18.1. The van der Waals surface area contributed by atoms with Gasteiger partial charge in [-0.1, -0.05) is 42.1 Å². The summed E-state index contributed by atoms with van der Waals surface area (Å²) >= 11 is 1.57. The molecule has 0 unspecified atom stereocenters. The van der Waals surface area contributed by atoms with Crippen molar-refractivity contribution in [3.8, 4) is 17.1 Å². The van der Waals surface area contributed by atoms with E-state index in [2.05, 4.69) is 15.5 Å². The number of fused-ring (bicyclic) bond motifs is 1. The van der Waals surface area contributed by atoms with Gasteiger partial charge in [0.2, 0.25) is 0 Å². The molecule has 0 atom stereocenters. The molecule has 0 fully saturated rings. The molecule has 0 radical (unpaired) electrons. The number of para-hydroxylation sites is 1. The molecule has 2 heterocycles. The van der Waals surface area contributed by atoms with Crippen LogP contribution >= 0.6 is 11.8 Å². The van der Waals surface area contributed by atoms with E-state index >= 15 is 0 Å². The normalized spacial score (nSPS) is 11.5. The highest BCUT2D eigenvalue weighted by Crippen LogP contribution is 2.33. The van der Waals surface area contributed by atoms with Crippen molar-refractivity contribution in [2.75, 3.05) is 0 Å². The number of rotatable bonds is 5. The van der Waals surface area contributed by atoms with Crippen molar-refractivity contribution >= 4 is 23.5 Å². The molecule has 2 N–H and O–H groups in total. The van der Waals surface area contributed by atoms with Gasteiger partial charge in [-0.2, -0.15) is 0 Å². The number of benzene rings is 2. The zero-order chi connectivity index (χ0) is 22.7. The summed E-state index contributed by atoms with van der Waals surface area (Å²) in [6, 6.07) is 18.8. The van der Waals surface area contributed by atoms with E-state index in [1.54, 1.807) is 23.9 Å². The molecule has 0 spiro atoms. The van der Waals surface area contributed by atoms with Crippen molar-refractivity contribution in [1.82, 2.24) is 19.9 Å². The second kappa shape index (κ2) is 8.92. The topological polar surface area (TPSA) is 88.8 Å². The Balaban J connectivity index is 1.57. The summed E-state index contributed by atoms with van der Waals surface area (Å²) in [4.78, 5) is 14.0. The lowest BCUT2D eigenvalue weighted by molar-refractivity contribution is 0.0523. The number of phenolic OH excluding ortho intramolecular Hbond substituents is 1. The Morgan fingerprint density at radius 3 is 2.59 bits per heavy atom. The summed E-state index contributed by atoms with van der Waals surface area (Å²) in [5, 5.41) is 21.5. The maximum atomic E-state index is 12.0. The first kappa shape index (κ1) is 21.7. The van der Waals surface area contributed by atoms with E-state index in [1.165, 1.54) is 0 Å². The molecule has 1 amide bonds. The van der Waals surface area contributed by atoms with Gasteiger partial charge in [-0.05, 0) is 56.7 Å². The maximum Gasteiger partial charge on any atom is 0.407 e. The van der Waals surface area contributed by atoms with Gasteiger partial charge < -0.3 is 15.2 Å². The van der Waals surface area contributed by atoms with Crippen LogP contribution in [0.1, 0.15) is 26.3 Å². The van der Waals surface area contributed by atoms with Crippen LogP contribution in [-0.4, -0.2) is 31.4 Å². The molecule has 0 aliphatic carbocycles. The van der Waals surface area contributed by atoms with Crippen LogP contribution in [0.5, 0.6) is 5.75 Å². The summed E-state index contributed by atoms with van der Waals surface area (Å²) in [6.45, 7) is 5.86. The van der Waals surface area contributed by atoms with E-state index in [1.807, 2.05) is 79.9 Å². The molecule has 0 aliphatic heterocycles. The number of carbonyl (C=O) groups excluding carboxylic acids is 1. The molecular weight excluding hydrogens is 424 g/mol. The van der Waals surface area contributed by atoms with Crippen LogP contribution in [0.25, 0.3) is 17.0 Å². The first-order chi connectivity index (χ1) is 15.3. The van der Waals surface area contributed by atoms with Crippen LogP contribution in [0.15, 0.2) is 76.7 Å². The zero-order valence-corrected chi connectivity index (χ0v) is 18.9. The summed E-state index contributed by atoms with van der Waals surface area (Å²) in [6.07, 6.45) is 1.50. The molecule has 32 heavy (non-hydrogen) atoms. The van der Waals surface area contributed by atoms with E-state index < -0.39 is 11.7 Å². The van der Waals surface area contributed by atoms with Crippen LogP contribution in [0, 0.1) is 0 Å². The number of carbonyl (C=O) groups is 1. The molecule has 164 valence electrons. The summed E-state index contributed by atoms with van der Waals surface area (Å²) in [5.41, 5.74) is 1.74. The van der Waals surface area contributed by atoms with Crippen LogP contribution < -0.4 is 5.32 Å². The number of ether oxygens (including phenoxy) is 1. The van der Waals surface area contributed by atoms with Crippen molar-refractivity contribution in [2.45, 2.75) is 42.7 Å². The number of alkyl carbamates (subject to hydrolysis) is 1. The molecule has 4 aromatic rings. The number of amides is 1. The highest BCUT2D eigenvalue weighted by Gasteiger charge is 2.17. The Labute approximate surface area is 190 Å². The van der Waals surface area contributed by atoms with Crippen LogP contribution in [0.4, 0.5) is 4.79 Å². The number of nitrogens with zero attached hydrogens (tertiary/aromatic N) is 3. The van der Waals surface area contributed by atoms with Gasteiger partial charge in [0.05, 0.1) is 5.56 Å². The first-order valence-corrected chi connectivity index (χ1v) is 11.0. The van der Waals surface area contributed by atoms with Gasteiger partial charge in [0.1, 0.15) is 11.4 Å². The molecular formula is C24H24N4O3S. The third-order valence-corrected chi connectivity index (χ3v) is 5.64. The molecule has 0 aliphatic rings. The van der Waals surface area contributed by atoms with E-state index in [0.717, 1.165) is 15.4 Å². The number of hydrogen-bond donors (Lipinski definition) is 2. The minimum absolute atomic E-state index is 0.151. The third-order valence-electron chi connectivity index (χ3n) is 4.54. The van der Waals surface area contributed by atoms with Crippen LogP contribution in [0.3, 0.4) is 0 Å². The van der Waals surface area contributed by atoms with E-state index in [9.17, 15) is 9.90 Å². The minimum Gasteiger partial charge on any atom is -0.507 e. The number of hydrogen-bond acceptors (Lipinski definition) is 6. The lowest BCUT2D eigenvalue weighted by Gasteiger charge is -2.20. The largest absolute Gasteiger partial charge is 0.507 e. The van der Waals surface area contributed by atoms with E-state index in [-0.39, 0.29) is 5.75 Å². The second-order valence-corrected chi connectivity index (χ2v) is 9.31. The Hall–Kier alpha value is -3.52. The number of nitrogens with one attached hydrogen (secondary N) is 1. The number of pyridine rings is 1. The fourth-order valence-electron chi connectivity index (χ4n) is 3.14. The standard InChI is InChI=1S/C24H24N4O3S/c1-24(2,3)31-23(30)25-14-16-8-4-7-11-20(16)32-17-12-13-21-26-27-22(28(21)15-17)18-9-5-6-10-19(18)29/h4-13,15,29H,14H2,1-3H3,(H,25,30). The Kier molecular flexibility index (Phi) is 6.05. The fraction of sp³-hybridized carbons (Fsp3) is 0.208. The fourth-order valence-corrected chi connectivity index (χ4v) is 4.10. The van der Waals surface area contributed by atoms with Crippen LogP contribution in [-0.2, 0) is 11.3 Å². The molecule has 7 nitrogen and oxygen atoms in total. The Morgan fingerprint density at radius 1 is 1.06 bits per heavy atom. The lowest BCUT2D eigenvalue weighted by Crippen LogP contribution is -2.32. The highest BCUT2D eigenvalue weighted by atomic mass is 32.2. The molecule has 0 bridgehead atoms. The van der Waals surface area contributed by atoms with Gasteiger partial charge in [0, 0.05) is 22.5 Å². The summed E-state index contributed by atoms with van der Waals surface area (Å²) in [7, 11) is 0. The SMILES string of the molecule is CC(C)(C)OC(=O)NCc1ccccc1Sc1ccc2nnc(-c3ccccc3O)n2c1. The Morgan fingerprint density at radius 2 is 1.81 bits per heavy atom. The van der Waals surface area contributed by atoms with Crippen molar-refractivity contribution in [3.05, 3.63) is 72.4 Å². The first-order valence-electron chi connectivity index (χ1n) is 10.2. The maximum absolute atomic E-state index is 12.0. The predicted molar refractivity (Wildman–Crippen MR) is 124 cm³/mol. The highest BCUT2D eigenvalue weighted by molar-refractivity contribution is 7.99. The van der Waals surface area contributed by atoms with Gasteiger partial charge in [-0.15, -0.1) is 10.2 Å². The van der Waals surface area contributed by atoms with Gasteiger partial charge >= 0.3 is 6.09 Å². The van der Waals surface area contributed by atoms with Crippen molar-refractivity contribution < 1.29 is 14.6 Å².